The Balaban J connectivity index is 1.84. The molecular formula is C17H18N4O3. The maximum absolute atomic E-state index is 10.8. The first kappa shape index (κ1) is 15.9. The lowest BCUT2D eigenvalue weighted by molar-refractivity contribution is -0.384. The summed E-state index contributed by atoms with van der Waals surface area (Å²) in [7, 11) is 0. The second-order valence-corrected chi connectivity index (χ2v) is 5.49. The Hall–Kier alpha value is -2.93. The first-order chi connectivity index (χ1) is 11.6. The van der Waals surface area contributed by atoms with Crippen molar-refractivity contribution in [3.8, 4) is 0 Å². The zero-order valence-electron chi connectivity index (χ0n) is 13.5. The predicted molar refractivity (Wildman–Crippen MR) is 90.2 cm³/mol. The highest BCUT2D eigenvalue weighted by Gasteiger charge is 2.25. The molecular weight excluding hydrogens is 308 g/mol. The average molecular weight is 326 g/mol. The van der Waals surface area contributed by atoms with Crippen LogP contribution < -0.4 is 5.43 Å². The number of benzene rings is 2. The van der Waals surface area contributed by atoms with Gasteiger partial charge < -0.3 is 4.84 Å². The van der Waals surface area contributed by atoms with E-state index < -0.39 is 4.92 Å². The standard InChI is InChI=1S/C17H18N4O3/c1-3-20-16(13-8-10-15(11-9-13)21(22)23)19-24-17(18-20)14-6-4-12(2)5-7-14/h4-11,17-18H,3H2,1-2H3. The molecule has 0 amide bonds. The summed E-state index contributed by atoms with van der Waals surface area (Å²) in [5.41, 5.74) is 6.22. The molecule has 0 radical (unpaired) electrons. The first-order valence-electron chi connectivity index (χ1n) is 7.67. The van der Waals surface area contributed by atoms with Crippen LogP contribution in [0.2, 0.25) is 0 Å². The van der Waals surface area contributed by atoms with Gasteiger partial charge in [0.2, 0.25) is 6.23 Å². The number of hydrogen-bond acceptors (Lipinski definition) is 6. The maximum Gasteiger partial charge on any atom is 0.269 e. The molecule has 0 fully saturated rings. The molecule has 0 saturated carbocycles. The molecule has 7 heteroatoms. The van der Waals surface area contributed by atoms with E-state index in [2.05, 4.69) is 10.6 Å². The number of rotatable bonds is 4. The number of nitrogens with one attached hydrogen (secondary N) is 1. The zero-order chi connectivity index (χ0) is 17.1. The van der Waals surface area contributed by atoms with E-state index in [0.29, 0.717) is 12.4 Å². The van der Waals surface area contributed by atoms with Crippen LogP contribution in [-0.4, -0.2) is 22.3 Å². The van der Waals surface area contributed by atoms with Gasteiger partial charge in [0.05, 0.1) is 4.92 Å². The monoisotopic (exact) mass is 326 g/mol. The fourth-order valence-corrected chi connectivity index (χ4v) is 2.44. The van der Waals surface area contributed by atoms with Crippen molar-refractivity contribution >= 4 is 11.5 Å². The summed E-state index contributed by atoms with van der Waals surface area (Å²) >= 11 is 0. The van der Waals surface area contributed by atoms with Crippen LogP contribution >= 0.6 is 0 Å². The predicted octanol–water partition coefficient (Wildman–Crippen LogP) is 3.12. The Morgan fingerprint density at radius 3 is 2.46 bits per heavy atom. The zero-order valence-corrected chi connectivity index (χ0v) is 13.5. The number of amidine groups is 1. The molecule has 7 nitrogen and oxygen atoms in total. The molecule has 0 saturated heterocycles. The lowest BCUT2D eigenvalue weighted by Gasteiger charge is -2.33. The Morgan fingerprint density at radius 1 is 1.21 bits per heavy atom. The Bertz CT molecular complexity index is 756. The highest BCUT2D eigenvalue weighted by Crippen LogP contribution is 2.22. The SMILES string of the molecule is CCN1NC(c2ccc(C)cc2)ON=C1c1ccc([N+](=O)[O-])cc1. The number of nitro groups is 1. The number of hydrazine groups is 1. The molecule has 0 aliphatic carbocycles. The number of nitrogens with zero attached hydrogens (tertiary/aromatic N) is 3. The molecule has 2 aromatic rings. The van der Waals surface area contributed by atoms with E-state index >= 15 is 0 Å². The third kappa shape index (κ3) is 3.21. The highest BCUT2D eigenvalue weighted by molar-refractivity contribution is 5.98. The fourth-order valence-electron chi connectivity index (χ4n) is 2.44. The Morgan fingerprint density at radius 2 is 1.88 bits per heavy atom. The third-order valence-corrected chi connectivity index (χ3v) is 3.81. The molecule has 0 aromatic heterocycles. The van der Waals surface area contributed by atoms with Gasteiger partial charge >= 0.3 is 0 Å². The van der Waals surface area contributed by atoms with Crippen molar-refractivity contribution < 1.29 is 9.76 Å². The van der Waals surface area contributed by atoms with Gasteiger partial charge in [0.15, 0.2) is 5.84 Å². The Kier molecular flexibility index (Phi) is 4.43. The van der Waals surface area contributed by atoms with Gasteiger partial charge in [-0.25, -0.2) is 0 Å². The second kappa shape index (κ2) is 6.67. The maximum atomic E-state index is 10.8. The molecule has 1 aliphatic heterocycles. The third-order valence-electron chi connectivity index (χ3n) is 3.81. The van der Waals surface area contributed by atoms with Crippen molar-refractivity contribution in [2.45, 2.75) is 20.1 Å². The van der Waals surface area contributed by atoms with Crippen LogP contribution in [0.4, 0.5) is 5.69 Å². The number of aryl methyl sites for hydroxylation is 1. The van der Waals surface area contributed by atoms with Gasteiger partial charge in [0, 0.05) is 29.8 Å². The van der Waals surface area contributed by atoms with Gasteiger partial charge in [-0.2, -0.15) is 5.43 Å². The van der Waals surface area contributed by atoms with Gasteiger partial charge in [-0.15, -0.1) is 0 Å². The lowest BCUT2D eigenvalue weighted by Crippen LogP contribution is -2.48. The summed E-state index contributed by atoms with van der Waals surface area (Å²) in [6, 6.07) is 14.3. The summed E-state index contributed by atoms with van der Waals surface area (Å²) < 4.78 is 0. The molecule has 3 rings (SSSR count). The van der Waals surface area contributed by atoms with Crippen molar-refractivity contribution in [2.75, 3.05) is 6.54 Å². The van der Waals surface area contributed by atoms with Crippen LogP contribution in [0.25, 0.3) is 0 Å². The molecule has 124 valence electrons. The van der Waals surface area contributed by atoms with Crippen LogP contribution in [0.5, 0.6) is 0 Å². The summed E-state index contributed by atoms with van der Waals surface area (Å²) in [5.74, 6) is 0.593. The van der Waals surface area contributed by atoms with Gasteiger partial charge in [0.25, 0.3) is 5.69 Å². The summed E-state index contributed by atoms with van der Waals surface area (Å²) in [5, 5.41) is 16.8. The lowest BCUT2D eigenvalue weighted by atomic mass is 10.1. The van der Waals surface area contributed by atoms with Crippen molar-refractivity contribution in [1.29, 1.82) is 0 Å². The highest BCUT2D eigenvalue weighted by atomic mass is 16.7. The minimum absolute atomic E-state index is 0.0459. The second-order valence-electron chi connectivity index (χ2n) is 5.49. The molecule has 0 bridgehead atoms. The van der Waals surface area contributed by atoms with Crippen LogP contribution in [0.15, 0.2) is 53.7 Å². The van der Waals surface area contributed by atoms with Gasteiger partial charge in [0.1, 0.15) is 0 Å². The number of non-ortho nitro benzene ring substituents is 1. The molecule has 0 spiro atoms. The van der Waals surface area contributed by atoms with Crippen LogP contribution in [0.1, 0.15) is 29.8 Å². The van der Waals surface area contributed by atoms with E-state index in [4.69, 9.17) is 4.84 Å². The molecule has 1 atom stereocenters. The van der Waals surface area contributed by atoms with Crippen molar-refractivity contribution in [2.24, 2.45) is 5.16 Å². The minimum Gasteiger partial charge on any atom is -0.368 e. The van der Waals surface area contributed by atoms with Gasteiger partial charge in [-0.1, -0.05) is 35.0 Å². The quantitative estimate of drug-likeness (QED) is 0.690. The van der Waals surface area contributed by atoms with Crippen LogP contribution in [-0.2, 0) is 4.84 Å². The van der Waals surface area contributed by atoms with E-state index in [1.807, 2.05) is 43.1 Å². The molecule has 24 heavy (non-hydrogen) atoms. The topological polar surface area (TPSA) is 80.0 Å². The number of hydrogen-bond donors (Lipinski definition) is 1. The summed E-state index contributed by atoms with van der Waals surface area (Å²) in [6.07, 6.45) is -0.368. The Labute approximate surface area is 139 Å². The van der Waals surface area contributed by atoms with E-state index in [-0.39, 0.29) is 11.9 Å². The van der Waals surface area contributed by atoms with Crippen LogP contribution in [0.3, 0.4) is 0 Å². The summed E-state index contributed by atoms with van der Waals surface area (Å²) in [4.78, 5) is 15.9. The van der Waals surface area contributed by atoms with Crippen molar-refractivity contribution in [1.82, 2.24) is 10.4 Å². The average Bonchev–Trinajstić information content (AvgIpc) is 2.62. The normalized spacial score (nSPS) is 17.2. The van der Waals surface area contributed by atoms with Crippen molar-refractivity contribution in [3.63, 3.8) is 0 Å². The van der Waals surface area contributed by atoms with E-state index in [1.54, 1.807) is 12.1 Å². The van der Waals surface area contributed by atoms with E-state index in [0.717, 1.165) is 11.1 Å². The molecule has 1 heterocycles. The largest absolute Gasteiger partial charge is 0.368 e. The molecule has 1 aliphatic rings. The van der Waals surface area contributed by atoms with Crippen molar-refractivity contribution in [3.05, 3.63) is 75.3 Å². The molecule has 1 N–H and O–H groups in total. The van der Waals surface area contributed by atoms with E-state index in [1.165, 1.54) is 17.7 Å². The first-order valence-corrected chi connectivity index (χ1v) is 7.67. The van der Waals surface area contributed by atoms with Crippen LogP contribution in [0, 0.1) is 17.0 Å². The number of nitro benzene ring substituents is 1. The fraction of sp³-hybridized carbons (Fsp3) is 0.235. The molecule has 1 unspecified atom stereocenters. The number of oxime groups is 1. The van der Waals surface area contributed by atoms with Gasteiger partial charge in [-0.3, -0.25) is 15.1 Å². The van der Waals surface area contributed by atoms with E-state index in [9.17, 15) is 10.1 Å². The molecule has 2 aromatic carbocycles. The summed E-state index contributed by atoms with van der Waals surface area (Å²) in [6.45, 7) is 4.69. The van der Waals surface area contributed by atoms with Gasteiger partial charge in [-0.05, 0) is 26.0 Å². The smallest absolute Gasteiger partial charge is 0.269 e. The minimum atomic E-state index is -0.424.